The number of anilines is 2. The number of hydrogen-bond acceptors (Lipinski definition) is 1. The van der Waals surface area contributed by atoms with Crippen molar-refractivity contribution in [2.24, 2.45) is 0 Å². The lowest BCUT2D eigenvalue weighted by Crippen LogP contribution is -2.00. The van der Waals surface area contributed by atoms with Gasteiger partial charge in [-0.3, -0.25) is 0 Å². The van der Waals surface area contributed by atoms with E-state index in [0.717, 1.165) is 24.2 Å². The van der Waals surface area contributed by atoms with Crippen LogP contribution < -0.4 is 5.32 Å². The summed E-state index contributed by atoms with van der Waals surface area (Å²) in [5.74, 6) is 0. The molecule has 5 rings (SSSR count). The molecule has 0 saturated carbocycles. The van der Waals surface area contributed by atoms with Crippen LogP contribution in [0.4, 0.5) is 11.4 Å². The summed E-state index contributed by atoms with van der Waals surface area (Å²) in [4.78, 5) is 0. The second kappa shape index (κ2) is 8.89. The minimum absolute atomic E-state index is 1.04. The van der Waals surface area contributed by atoms with Crippen molar-refractivity contribution >= 4 is 22.5 Å². The maximum atomic E-state index is 3.62. The van der Waals surface area contributed by atoms with E-state index in [2.05, 4.69) is 121 Å². The number of benzene rings is 4. The predicted molar refractivity (Wildman–Crippen MR) is 133 cm³/mol. The molecule has 1 aliphatic carbocycles. The van der Waals surface area contributed by atoms with Gasteiger partial charge in [0.15, 0.2) is 0 Å². The fraction of sp³-hybridized carbons (Fsp3) is 0.0667. The van der Waals surface area contributed by atoms with Gasteiger partial charge in [0.25, 0.3) is 0 Å². The molecule has 1 N–H and O–H groups in total. The van der Waals surface area contributed by atoms with Crippen LogP contribution >= 0.6 is 0 Å². The molecule has 0 atom stereocenters. The van der Waals surface area contributed by atoms with Crippen molar-refractivity contribution in [2.45, 2.75) is 12.8 Å². The Balaban J connectivity index is 1.65. The van der Waals surface area contributed by atoms with Gasteiger partial charge in [-0.25, -0.2) is 0 Å². The van der Waals surface area contributed by atoms with Crippen molar-refractivity contribution in [2.75, 3.05) is 5.32 Å². The van der Waals surface area contributed by atoms with E-state index in [9.17, 15) is 0 Å². The van der Waals surface area contributed by atoms with Crippen molar-refractivity contribution in [1.29, 1.82) is 0 Å². The van der Waals surface area contributed by atoms with E-state index < -0.39 is 0 Å². The monoisotopic (exact) mass is 399 g/mol. The molecule has 0 radical (unpaired) electrons. The minimum atomic E-state index is 1.04. The Hall–Kier alpha value is -3.84. The summed E-state index contributed by atoms with van der Waals surface area (Å²) in [6, 6.07) is 38.5. The van der Waals surface area contributed by atoms with Crippen molar-refractivity contribution < 1.29 is 0 Å². The number of allylic oxidation sites excluding steroid dienone is 4. The molecule has 1 nitrogen and oxygen atoms in total. The molecular weight excluding hydrogens is 374 g/mol. The van der Waals surface area contributed by atoms with Gasteiger partial charge < -0.3 is 5.32 Å². The maximum absolute atomic E-state index is 3.62. The molecule has 4 aromatic carbocycles. The Kier molecular flexibility index (Phi) is 5.49. The molecule has 0 fully saturated rings. The minimum Gasteiger partial charge on any atom is -0.355 e. The van der Waals surface area contributed by atoms with Crippen LogP contribution in [0.15, 0.2) is 121 Å². The Bertz CT molecular complexity index is 1230. The molecular formula is C30H25N. The standard InChI is InChI=1S/C30H25N/c1-3-13-23(14-4-1)25-17-7-8-18-26(25)27-19-9-10-20-28(27)29-21-11-12-22-30(29)31-24-15-5-2-6-16-24/h1-8,10-18,20-22,31H,9,19H2. The van der Waals surface area contributed by atoms with Gasteiger partial charge in [0.05, 0.1) is 0 Å². The van der Waals surface area contributed by atoms with Crippen LogP contribution in [0.25, 0.3) is 22.3 Å². The lowest BCUT2D eigenvalue weighted by Gasteiger charge is -2.22. The topological polar surface area (TPSA) is 12.0 Å². The predicted octanol–water partition coefficient (Wildman–Crippen LogP) is 8.36. The van der Waals surface area contributed by atoms with E-state index in [1.54, 1.807) is 0 Å². The normalized spacial score (nSPS) is 13.3. The zero-order valence-corrected chi connectivity index (χ0v) is 17.5. The number of rotatable bonds is 5. The molecule has 0 spiro atoms. The van der Waals surface area contributed by atoms with Gasteiger partial charge in [-0.05, 0) is 58.9 Å². The third-order valence-electron chi connectivity index (χ3n) is 5.78. The molecule has 0 aromatic heterocycles. The van der Waals surface area contributed by atoms with Crippen molar-refractivity contribution in [3.8, 4) is 11.1 Å². The quantitative estimate of drug-likeness (QED) is 0.355. The second-order valence-corrected chi connectivity index (χ2v) is 7.78. The highest BCUT2D eigenvalue weighted by atomic mass is 14.9. The molecule has 0 heterocycles. The van der Waals surface area contributed by atoms with Crippen LogP contribution in [0.5, 0.6) is 0 Å². The number of nitrogens with one attached hydrogen (secondary N) is 1. The Morgan fingerprint density at radius 1 is 0.548 bits per heavy atom. The van der Waals surface area contributed by atoms with Crippen molar-refractivity contribution in [1.82, 2.24) is 0 Å². The first-order valence-corrected chi connectivity index (χ1v) is 10.9. The van der Waals surface area contributed by atoms with Gasteiger partial charge in [-0.2, -0.15) is 0 Å². The highest BCUT2D eigenvalue weighted by Gasteiger charge is 2.18. The average Bonchev–Trinajstić information content (AvgIpc) is 2.86. The first-order valence-electron chi connectivity index (χ1n) is 10.9. The summed E-state index contributed by atoms with van der Waals surface area (Å²) in [6.07, 6.45) is 6.70. The molecule has 0 bridgehead atoms. The van der Waals surface area contributed by atoms with Crippen molar-refractivity contribution in [3.63, 3.8) is 0 Å². The summed E-state index contributed by atoms with van der Waals surface area (Å²) in [5, 5.41) is 3.62. The van der Waals surface area contributed by atoms with Crippen LogP contribution in [0.1, 0.15) is 24.0 Å². The van der Waals surface area contributed by atoms with Crippen LogP contribution in [0, 0.1) is 0 Å². The lowest BCUT2D eigenvalue weighted by atomic mass is 9.84. The van der Waals surface area contributed by atoms with E-state index in [1.165, 1.54) is 33.4 Å². The van der Waals surface area contributed by atoms with Crippen LogP contribution in [0.2, 0.25) is 0 Å². The molecule has 0 aliphatic heterocycles. The largest absolute Gasteiger partial charge is 0.355 e. The summed E-state index contributed by atoms with van der Waals surface area (Å²) in [7, 11) is 0. The highest BCUT2D eigenvalue weighted by molar-refractivity contribution is 6.02. The van der Waals surface area contributed by atoms with Gasteiger partial charge >= 0.3 is 0 Å². The summed E-state index contributed by atoms with van der Waals surface area (Å²) < 4.78 is 0. The Morgan fingerprint density at radius 3 is 1.94 bits per heavy atom. The van der Waals surface area contributed by atoms with Gasteiger partial charge in [0.1, 0.15) is 0 Å². The first-order chi connectivity index (χ1) is 15.4. The van der Waals surface area contributed by atoms with Gasteiger partial charge in [0, 0.05) is 16.9 Å². The van der Waals surface area contributed by atoms with Crippen LogP contribution in [-0.2, 0) is 0 Å². The summed E-state index contributed by atoms with van der Waals surface area (Å²) in [6.45, 7) is 0. The van der Waals surface area contributed by atoms with Crippen LogP contribution in [0.3, 0.4) is 0 Å². The molecule has 4 aromatic rings. The number of para-hydroxylation sites is 2. The smallest absolute Gasteiger partial charge is 0.0464 e. The third-order valence-corrected chi connectivity index (χ3v) is 5.78. The molecule has 150 valence electrons. The van der Waals surface area contributed by atoms with Crippen molar-refractivity contribution in [3.05, 3.63) is 132 Å². The average molecular weight is 400 g/mol. The first kappa shape index (κ1) is 19.1. The molecule has 0 saturated heterocycles. The molecule has 0 unspecified atom stereocenters. The Labute approximate surface area is 184 Å². The molecule has 1 aliphatic rings. The van der Waals surface area contributed by atoms with Gasteiger partial charge in [-0.15, -0.1) is 0 Å². The summed E-state index contributed by atoms with van der Waals surface area (Å²) in [5.41, 5.74) is 10.0. The maximum Gasteiger partial charge on any atom is 0.0464 e. The highest BCUT2D eigenvalue weighted by Crippen LogP contribution is 2.41. The molecule has 1 heteroatoms. The Morgan fingerprint density at radius 2 is 1.16 bits per heavy atom. The van der Waals surface area contributed by atoms with E-state index in [1.807, 2.05) is 6.07 Å². The van der Waals surface area contributed by atoms with E-state index >= 15 is 0 Å². The van der Waals surface area contributed by atoms with Crippen LogP contribution in [-0.4, -0.2) is 0 Å². The SMILES string of the molecule is C1=CC(c2ccccc2Nc2ccccc2)=C(c2ccccc2-c2ccccc2)CC1. The zero-order chi connectivity index (χ0) is 20.9. The second-order valence-electron chi connectivity index (χ2n) is 7.78. The fourth-order valence-electron chi connectivity index (χ4n) is 4.32. The molecule has 31 heavy (non-hydrogen) atoms. The van der Waals surface area contributed by atoms with Gasteiger partial charge in [0.2, 0.25) is 0 Å². The molecule has 0 amide bonds. The summed E-state index contributed by atoms with van der Waals surface area (Å²) >= 11 is 0. The van der Waals surface area contributed by atoms with E-state index in [-0.39, 0.29) is 0 Å². The fourth-order valence-corrected chi connectivity index (χ4v) is 4.32. The van der Waals surface area contributed by atoms with E-state index in [0.29, 0.717) is 0 Å². The zero-order valence-electron chi connectivity index (χ0n) is 17.5. The lowest BCUT2D eigenvalue weighted by molar-refractivity contribution is 1.06. The number of hydrogen-bond donors (Lipinski definition) is 1. The van der Waals surface area contributed by atoms with E-state index in [4.69, 9.17) is 0 Å². The van der Waals surface area contributed by atoms with Gasteiger partial charge in [-0.1, -0.05) is 103 Å². The third kappa shape index (κ3) is 4.08.